The number of fused-ring (bicyclic) bond motifs is 1. The van der Waals surface area contributed by atoms with E-state index in [1.807, 2.05) is 0 Å². The molecule has 0 unspecified atom stereocenters. The highest BCUT2D eigenvalue weighted by Gasteiger charge is 2.34. The van der Waals surface area contributed by atoms with Gasteiger partial charge in [-0.2, -0.15) is 0 Å². The van der Waals surface area contributed by atoms with Gasteiger partial charge < -0.3 is 14.6 Å². The van der Waals surface area contributed by atoms with Gasteiger partial charge in [-0.1, -0.05) is 18.2 Å². The molecule has 2 amide bonds. The van der Waals surface area contributed by atoms with E-state index in [9.17, 15) is 19.5 Å². The maximum Gasteiger partial charge on any atom is 0.330 e. The van der Waals surface area contributed by atoms with Gasteiger partial charge in [0.15, 0.2) is 11.5 Å². The molecule has 0 spiro atoms. The average Bonchev–Trinajstić information content (AvgIpc) is 2.92. The van der Waals surface area contributed by atoms with E-state index in [0.717, 1.165) is 4.90 Å². The molecule has 7 heteroatoms. The number of carbonyl (C=O) groups is 3. The quantitative estimate of drug-likeness (QED) is 0.478. The number of methoxy groups -OCH3 is 1. The lowest BCUT2D eigenvalue weighted by Gasteiger charge is -2.13. The van der Waals surface area contributed by atoms with Crippen LogP contribution >= 0.6 is 0 Å². The van der Waals surface area contributed by atoms with Crippen molar-refractivity contribution >= 4 is 23.9 Å². The highest BCUT2D eigenvalue weighted by molar-refractivity contribution is 6.21. The van der Waals surface area contributed by atoms with Gasteiger partial charge in [0.05, 0.1) is 24.8 Å². The van der Waals surface area contributed by atoms with Crippen molar-refractivity contribution in [3.63, 3.8) is 0 Å². The molecule has 2 aromatic carbocycles. The zero-order valence-corrected chi connectivity index (χ0v) is 14.5. The van der Waals surface area contributed by atoms with Crippen molar-refractivity contribution in [1.29, 1.82) is 0 Å². The molecule has 3 rings (SSSR count). The SMILES string of the molecule is COc1cc(C=CC(=O)OCCN2C(=O)c3ccccc3C2=O)ccc1O. The largest absolute Gasteiger partial charge is 0.504 e. The summed E-state index contributed by atoms with van der Waals surface area (Å²) in [6.45, 7) is -0.119. The number of phenolic OH excluding ortho intramolecular Hbond substituents is 1. The number of rotatable bonds is 6. The molecule has 0 radical (unpaired) electrons. The van der Waals surface area contributed by atoms with Crippen LogP contribution in [0.5, 0.6) is 11.5 Å². The van der Waals surface area contributed by atoms with Crippen LogP contribution in [0.1, 0.15) is 26.3 Å². The van der Waals surface area contributed by atoms with Crippen molar-refractivity contribution in [3.05, 3.63) is 65.2 Å². The summed E-state index contributed by atoms with van der Waals surface area (Å²) in [4.78, 5) is 37.3. The number of esters is 1. The lowest BCUT2D eigenvalue weighted by atomic mass is 10.1. The number of amides is 2. The predicted octanol–water partition coefficient (Wildman–Crippen LogP) is 2.25. The van der Waals surface area contributed by atoms with E-state index in [4.69, 9.17) is 9.47 Å². The van der Waals surface area contributed by atoms with Crippen LogP contribution in [0.3, 0.4) is 0 Å². The Balaban J connectivity index is 1.53. The highest BCUT2D eigenvalue weighted by Crippen LogP contribution is 2.26. The molecule has 0 atom stereocenters. The number of imide groups is 1. The smallest absolute Gasteiger partial charge is 0.330 e. The molecule has 0 saturated carbocycles. The number of hydrogen-bond acceptors (Lipinski definition) is 6. The second kappa shape index (κ2) is 7.74. The maximum absolute atomic E-state index is 12.2. The van der Waals surface area contributed by atoms with Gasteiger partial charge in [-0.25, -0.2) is 4.79 Å². The summed E-state index contributed by atoms with van der Waals surface area (Å²) in [5.74, 6) is -1.11. The van der Waals surface area contributed by atoms with E-state index in [1.165, 1.54) is 25.3 Å². The zero-order chi connectivity index (χ0) is 19.4. The van der Waals surface area contributed by atoms with Gasteiger partial charge in [-0.15, -0.1) is 0 Å². The van der Waals surface area contributed by atoms with E-state index in [0.29, 0.717) is 16.7 Å². The highest BCUT2D eigenvalue weighted by atomic mass is 16.5. The Kier molecular flexibility index (Phi) is 5.21. The zero-order valence-electron chi connectivity index (χ0n) is 14.5. The van der Waals surface area contributed by atoms with Gasteiger partial charge in [-0.3, -0.25) is 14.5 Å². The van der Waals surface area contributed by atoms with E-state index >= 15 is 0 Å². The van der Waals surface area contributed by atoms with Crippen LogP contribution in [-0.2, 0) is 9.53 Å². The van der Waals surface area contributed by atoms with Crippen molar-refractivity contribution in [2.24, 2.45) is 0 Å². The van der Waals surface area contributed by atoms with Crippen LogP contribution in [0.2, 0.25) is 0 Å². The fraction of sp³-hybridized carbons (Fsp3) is 0.150. The topological polar surface area (TPSA) is 93.1 Å². The van der Waals surface area contributed by atoms with Gasteiger partial charge >= 0.3 is 5.97 Å². The Morgan fingerprint density at radius 2 is 1.78 bits per heavy atom. The summed E-state index contributed by atoms with van der Waals surface area (Å²) in [5.41, 5.74) is 1.35. The molecular formula is C20H17NO6. The van der Waals surface area contributed by atoms with Crippen molar-refractivity contribution in [1.82, 2.24) is 4.90 Å². The first-order chi connectivity index (χ1) is 13.0. The van der Waals surface area contributed by atoms with Crippen molar-refractivity contribution in [3.8, 4) is 11.5 Å². The minimum atomic E-state index is -0.612. The van der Waals surface area contributed by atoms with Crippen molar-refractivity contribution in [2.45, 2.75) is 0 Å². The van der Waals surface area contributed by atoms with Crippen molar-refractivity contribution in [2.75, 3.05) is 20.3 Å². The number of aromatic hydroxyl groups is 1. The molecule has 0 fully saturated rings. The summed E-state index contributed by atoms with van der Waals surface area (Å²) in [6, 6.07) is 11.2. The third-order valence-corrected chi connectivity index (χ3v) is 4.05. The summed E-state index contributed by atoms with van der Waals surface area (Å²) < 4.78 is 10.0. The minimum Gasteiger partial charge on any atom is -0.504 e. The summed E-state index contributed by atoms with van der Waals surface area (Å²) in [6.07, 6.45) is 2.72. The average molecular weight is 367 g/mol. The first-order valence-electron chi connectivity index (χ1n) is 8.18. The third kappa shape index (κ3) is 3.82. The van der Waals surface area contributed by atoms with Gasteiger partial charge in [0, 0.05) is 6.08 Å². The van der Waals surface area contributed by atoms with E-state index < -0.39 is 17.8 Å². The predicted molar refractivity (Wildman–Crippen MR) is 96.5 cm³/mol. The number of benzene rings is 2. The minimum absolute atomic E-state index is 0.00169. The Labute approximate surface area is 155 Å². The van der Waals surface area contributed by atoms with Crippen LogP contribution in [0.15, 0.2) is 48.5 Å². The normalized spacial score (nSPS) is 13.1. The fourth-order valence-electron chi connectivity index (χ4n) is 2.69. The number of carbonyl (C=O) groups excluding carboxylic acids is 3. The Morgan fingerprint density at radius 1 is 1.11 bits per heavy atom. The number of nitrogens with zero attached hydrogens (tertiary/aromatic N) is 1. The van der Waals surface area contributed by atoms with Crippen molar-refractivity contribution < 1.29 is 29.0 Å². The molecule has 1 aliphatic heterocycles. The first-order valence-corrected chi connectivity index (χ1v) is 8.18. The van der Waals surface area contributed by atoms with Crippen LogP contribution in [0, 0.1) is 0 Å². The molecule has 1 N–H and O–H groups in total. The lowest BCUT2D eigenvalue weighted by molar-refractivity contribution is -0.137. The van der Waals surface area contributed by atoms with Crippen LogP contribution in [0.4, 0.5) is 0 Å². The molecular weight excluding hydrogens is 350 g/mol. The molecule has 27 heavy (non-hydrogen) atoms. The lowest BCUT2D eigenvalue weighted by Crippen LogP contribution is -2.33. The van der Waals surface area contributed by atoms with Gasteiger partial charge in [-0.05, 0) is 35.9 Å². The first kappa shape index (κ1) is 18.2. The monoisotopic (exact) mass is 367 g/mol. The molecule has 0 saturated heterocycles. The molecule has 0 bridgehead atoms. The Bertz CT molecular complexity index is 899. The molecule has 1 heterocycles. The third-order valence-electron chi connectivity index (χ3n) is 4.05. The molecule has 7 nitrogen and oxygen atoms in total. The summed E-state index contributed by atoms with van der Waals surface area (Å²) in [5, 5.41) is 9.54. The molecule has 2 aromatic rings. The van der Waals surface area contributed by atoms with Gasteiger partial charge in [0.25, 0.3) is 11.8 Å². The summed E-state index contributed by atoms with van der Waals surface area (Å²) in [7, 11) is 1.43. The van der Waals surface area contributed by atoms with Crippen LogP contribution < -0.4 is 4.74 Å². The van der Waals surface area contributed by atoms with Crippen LogP contribution in [-0.4, -0.2) is 48.1 Å². The number of phenols is 1. The second-order valence-corrected chi connectivity index (χ2v) is 5.74. The molecule has 1 aliphatic rings. The van der Waals surface area contributed by atoms with Crippen LogP contribution in [0.25, 0.3) is 6.08 Å². The fourth-order valence-corrected chi connectivity index (χ4v) is 2.69. The standard InChI is InChI=1S/C20H17NO6/c1-26-17-12-13(6-8-16(17)22)7-9-18(23)27-11-10-21-19(24)14-4-2-3-5-15(14)20(21)25/h2-9,12,22H,10-11H2,1H3. The molecule has 0 aromatic heterocycles. The molecule has 138 valence electrons. The Hall–Kier alpha value is -3.61. The number of hydrogen-bond donors (Lipinski definition) is 1. The molecule has 0 aliphatic carbocycles. The van der Waals surface area contributed by atoms with E-state index in [-0.39, 0.29) is 24.7 Å². The van der Waals surface area contributed by atoms with Gasteiger partial charge in [0.1, 0.15) is 6.61 Å². The Morgan fingerprint density at radius 3 is 2.41 bits per heavy atom. The summed E-state index contributed by atoms with van der Waals surface area (Å²) >= 11 is 0. The van der Waals surface area contributed by atoms with E-state index in [1.54, 1.807) is 36.4 Å². The number of ether oxygens (including phenoxy) is 2. The van der Waals surface area contributed by atoms with E-state index in [2.05, 4.69) is 0 Å². The van der Waals surface area contributed by atoms with Gasteiger partial charge in [0.2, 0.25) is 0 Å². The second-order valence-electron chi connectivity index (χ2n) is 5.74. The maximum atomic E-state index is 12.2.